The van der Waals surface area contributed by atoms with Gasteiger partial charge in [0, 0.05) is 6.04 Å². The fourth-order valence-electron chi connectivity index (χ4n) is 2.58. The Labute approximate surface area is 97.1 Å². The van der Waals surface area contributed by atoms with Crippen LogP contribution in [0.5, 0.6) is 0 Å². The number of hydrogen-bond donors (Lipinski definition) is 1. The molecule has 2 N–H and O–H groups in total. The molecule has 0 saturated heterocycles. The maximum atomic E-state index is 8.86. The van der Waals surface area contributed by atoms with Crippen LogP contribution >= 0.6 is 0 Å². The summed E-state index contributed by atoms with van der Waals surface area (Å²) in [6.07, 6.45) is 6.42. The number of hydrogen-bond acceptors (Lipinski definition) is 2. The van der Waals surface area contributed by atoms with Crippen LogP contribution in [0.2, 0.25) is 0 Å². The third kappa shape index (κ3) is 2.43. The summed E-state index contributed by atoms with van der Waals surface area (Å²) in [6.45, 7) is 0. The van der Waals surface area contributed by atoms with Crippen molar-refractivity contribution >= 4 is 0 Å². The fraction of sp³-hybridized carbons (Fsp3) is 0.500. The quantitative estimate of drug-likeness (QED) is 0.822. The molecule has 0 heterocycles. The van der Waals surface area contributed by atoms with Crippen molar-refractivity contribution < 1.29 is 0 Å². The van der Waals surface area contributed by atoms with Gasteiger partial charge in [0.25, 0.3) is 0 Å². The molecule has 84 valence electrons. The van der Waals surface area contributed by atoms with Gasteiger partial charge in [-0.1, -0.05) is 31.4 Å². The van der Waals surface area contributed by atoms with E-state index >= 15 is 0 Å². The number of benzene rings is 1. The molecule has 2 heteroatoms. The highest BCUT2D eigenvalue weighted by atomic mass is 14.7. The van der Waals surface area contributed by atoms with Gasteiger partial charge in [0.2, 0.25) is 0 Å². The summed E-state index contributed by atoms with van der Waals surface area (Å²) in [5, 5.41) is 8.86. The van der Waals surface area contributed by atoms with E-state index in [1.165, 1.54) is 32.1 Å². The van der Waals surface area contributed by atoms with Crippen LogP contribution in [0.15, 0.2) is 24.3 Å². The maximum Gasteiger partial charge on any atom is 0.0991 e. The minimum Gasteiger partial charge on any atom is -0.324 e. The SMILES string of the molecule is N#Cc1cccc([C@H](N)C2CCCCC2)c1. The van der Waals surface area contributed by atoms with Crippen LogP contribution < -0.4 is 5.73 Å². The first-order valence-electron chi connectivity index (χ1n) is 6.07. The highest BCUT2D eigenvalue weighted by Gasteiger charge is 2.21. The van der Waals surface area contributed by atoms with E-state index in [9.17, 15) is 0 Å². The maximum absolute atomic E-state index is 8.86. The molecule has 0 spiro atoms. The molecule has 2 nitrogen and oxygen atoms in total. The Balaban J connectivity index is 2.13. The predicted octanol–water partition coefficient (Wildman–Crippen LogP) is 3.14. The molecular formula is C14H18N2. The normalized spacial score (nSPS) is 19.0. The van der Waals surface area contributed by atoms with E-state index < -0.39 is 0 Å². The first-order chi connectivity index (χ1) is 7.81. The molecule has 1 aromatic rings. The lowest BCUT2D eigenvalue weighted by Crippen LogP contribution is -2.23. The average Bonchev–Trinajstić information content (AvgIpc) is 2.39. The van der Waals surface area contributed by atoms with E-state index in [2.05, 4.69) is 6.07 Å². The number of nitriles is 1. The van der Waals surface area contributed by atoms with Crippen LogP contribution in [-0.2, 0) is 0 Å². The summed E-state index contributed by atoms with van der Waals surface area (Å²) in [6, 6.07) is 10.0. The zero-order valence-corrected chi connectivity index (χ0v) is 9.52. The van der Waals surface area contributed by atoms with Gasteiger partial charge in [0.1, 0.15) is 0 Å². The van der Waals surface area contributed by atoms with Crippen molar-refractivity contribution in [2.24, 2.45) is 11.7 Å². The van der Waals surface area contributed by atoms with E-state index in [0.29, 0.717) is 11.5 Å². The Morgan fingerprint density at radius 3 is 2.69 bits per heavy atom. The lowest BCUT2D eigenvalue weighted by atomic mass is 9.81. The van der Waals surface area contributed by atoms with Crippen LogP contribution in [0.4, 0.5) is 0 Å². The predicted molar refractivity (Wildman–Crippen MR) is 64.7 cm³/mol. The van der Waals surface area contributed by atoms with Crippen molar-refractivity contribution in [3.63, 3.8) is 0 Å². The summed E-state index contributed by atoms with van der Waals surface area (Å²) in [4.78, 5) is 0. The van der Waals surface area contributed by atoms with Gasteiger partial charge in [0.05, 0.1) is 11.6 Å². The molecule has 1 aliphatic carbocycles. The lowest BCUT2D eigenvalue weighted by molar-refractivity contribution is 0.308. The Morgan fingerprint density at radius 1 is 1.25 bits per heavy atom. The van der Waals surface area contributed by atoms with Crippen LogP contribution in [0.25, 0.3) is 0 Å². The van der Waals surface area contributed by atoms with Crippen LogP contribution in [0.3, 0.4) is 0 Å². The van der Waals surface area contributed by atoms with E-state index in [-0.39, 0.29) is 6.04 Å². The number of rotatable bonds is 2. The lowest BCUT2D eigenvalue weighted by Gasteiger charge is -2.27. The van der Waals surface area contributed by atoms with Crippen molar-refractivity contribution in [1.29, 1.82) is 5.26 Å². The van der Waals surface area contributed by atoms with Crippen molar-refractivity contribution in [3.8, 4) is 6.07 Å². The highest BCUT2D eigenvalue weighted by Crippen LogP contribution is 2.32. The number of nitrogens with zero attached hydrogens (tertiary/aromatic N) is 1. The molecule has 1 saturated carbocycles. The molecule has 0 bridgehead atoms. The zero-order chi connectivity index (χ0) is 11.4. The van der Waals surface area contributed by atoms with Gasteiger partial charge in [-0.05, 0) is 36.5 Å². The van der Waals surface area contributed by atoms with Crippen molar-refractivity contribution in [3.05, 3.63) is 35.4 Å². The summed E-state index contributed by atoms with van der Waals surface area (Å²) in [5.41, 5.74) is 8.11. The standard InChI is InChI=1S/C14H18N2/c15-10-11-5-4-8-13(9-11)14(16)12-6-2-1-3-7-12/h4-5,8-9,12,14H,1-3,6-7,16H2/t14-/m1/s1. The Bertz CT molecular complexity index is 386. The van der Waals surface area contributed by atoms with Crippen LogP contribution in [-0.4, -0.2) is 0 Å². The molecule has 16 heavy (non-hydrogen) atoms. The first-order valence-corrected chi connectivity index (χ1v) is 6.07. The summed E-state index contributed by atoms with van der Waals surface area (Å²) in [5.74, 6) is 0.600. The Hall–Kier alpha value is -1.33. The molecule has 1 aromatic carbocycles. The minimum atomic E-state index is 0.105. The fourth-order valence-corrected chi connectivity index (χ4v) is 2.58. The second-order valence-corrected chi connectivity index (χ2v) is 4.66. The summed E-state index contributed by atoms with van der Waals surface area (Å²) in [7, 11) is 0. The van der Waals surface area contributed by atoms with Gasteiger partial charge in [-0.15, -0.1) is 0 Å². The molecule has 1 atom stereocenters. The van der Waals surface area contributed by atoms with Gasteiger partial charge < -0.3 is 5.73 Å². The second-order valence-electron chi connectivity index (χ2n) is 4.66. The molecular weight excluding hydrogens is 196 g/mol. The van der Waals surface area contributed by atoms with Gasteiger partial charge in [0.15, 0.2) is 0 Å². The van der Waals surface area contributed by atoms with Gasteiger partial charge in [-0.25, -0.2) is 0 Å². The Kier molecular flexibility index (Phi) is 3.58. The molecule has 0 radical (unpaired) electrons. The van der Waals surface area contributed by atoms with Gasteiger partial charge >= 0.3 is 0 Å². The van der Waals surface area contributed by atoms with Crippen molar-refractivity contribution in [2.45, 2.75) is 38.1 Å². The molecule has 0 amide bonds. The minimum absolute atomic E-state index is 0.105. The van der Waals surface area contributed by atoms with E-state index in [1.54, 1.807) is 0 Å². The third-order valence-corrected chi connectivity index (χ3v) is 3.56. The van der Waals surface area contributed by atoms with E-state index in [1.807, 2.05) is 24.3 Å². The molecule has 1 fully saturated rings. The largest absolute Gasteiger partial charge is 0.324 e. The molecule has 2 rings (SSSR count). The smallest absolute Gasteiger partial charge is 0.0991 e. The first kappa shape index (κ1) is 11.2. The average molecular weight is 214 g/mol. The highest BCUT2D eigenvalue weighted by molar-refractivity contribution is 5.34. The van der Waals surface area contributed by atoms with E-state index in [0.717, 1.165) is 5.56 Å². The van der Waals surface area contributed by atoms with Crippen LogP contribution in [0, 0.1) is 17.2 Å². The molecule has 1 aliphatic rings. The van der Waals surface area contributed by atoms with Gasteiger partial charge in [-0.3, -0.25) is 0 Å². The third-order valence-electron chi connectivity index (χ3n) is 3.56. The van der Waals surface area contributed by atoms with Crippen molar-refractivity contribution in [2.75, 3.05) is 0 Å². The van der Waals surface area contributed by atoms with Crippen LogP contribution in [0.1, 0.15) is 49.3 Å². The molecule has 0 aliphatic heterocycles. The molecule has 0 aromatic heterocycles. The second kappa shape index (κ2) is 5.14. The summed E-state index contributed by atoms with van der Waals surface area (Å²) < 4.78 is 0. The van der Waals surface area contributed by atoms with Crippen molar-refractivity contribution in [1.82, 2.24) is 0 Å². The number of nitrogens with two attached hydrogens (primary N) is 1. The zero-order valence-electron chi connectivity index (χ0n) is 9.52. The Morgan fingerprint density at radius 2 is 2.00 bits per heavy atom. The summed E-state index contributed by atoms with van der Waals surface area (Å²) >= 11 is 0. The monoisotopic (exact) mass is 214 g/mol. The van der Waals surface area contributed by atoms with E-state index in [4.69, 9.17) is 11.0 Å². The van der Waals surface area contributed by atoms with Gasteiger partial charge in [-0.2, -0.15) is 5.26 Å². The topological polar surface area (TPSA) is 49.8 Å². The molecule has 0 unspecified atom stereocenters.